The van der Waals surface area contributed by atoms with Crippen molar-refractivity contribution in [2.45, 2.75) is 24.2 Å². The Balaban J connectivity index is -0.0000000412. The Labute approximate surface area is 149 Å². The van der Waals surface area contributed by atoms with Gasteiger partial charge in [0.2, 0.25) is 0 Å². The zero-order chi connectivity index (χ0) is 14.4. The van der Waals surface area contributed by atoms with E-state index in [4.69, 9.17) is 15.3 Å². The average Bonchev–Trinajstić information content (AvgIpc) is 2.40. The molecule has 0 rings (SSSR count). The molecule has 0 aliphatic rings. The van der Waals surface area contributed by atoms with Gasteiger partial charge in [-0.05, 0) is 0 Å². The molecule has 8 heteroatoms. The number of rotatable bonds is 5. The molecule has 0 heterocycles. The monoisotopic (exact) mass is 446 g/mol. The first-order valence-electron chi connectivity index (χ1n) is 5.51. The van der Waals surface area contributed by atoms with Crippen LogP contribution in [0.5, 0.6) is 0 Å². The van der Waals surface area contributed by atoms with Crippen LogP contribution in [0.3, 0.4) is 0 Å². The first-order chi connectivity index (χ1) is 8.16. The summed E-state index contributed by atoms with van der Waals surface area (Å²) in [4.78, 5) is 0. The van der Waals surface area contributed by atoms with Crippen molar-refractivity contribution in [2.75, 3.05) is 37.1 Å². The standard InChI is InChI=1S/C4H9.3C2H6OS.H2S.Sn.H/c1-3-4-2;3*3-1-2-4;;;/h1,3-4H2,2H3;3*3-4H,1-2H2;1H2;;. The topological polar surface area (TPSA) is 60.7 Å². The molecule has 0 aromatic rings. The molecule has 0 aromatic carbocycles. The fourth-order valence-corrected chi connectivity index (χ4v) is 1.37. The summed E-state index contributed by atoms with van der Waals surface area (Å²) in [7, 11) is 0. The molecule has 116 valence electrons. The smallest absolute Gasteiger partial charge is 0.0519 e. The molecule has 0 saturated heterocycles. The van der Waals surface area contributed by atoms with Crippen LogP contribution in [0.25, 0.3) is 0 Å². The first kappa shape index (κ1) is 32.1. The van der Waals surface area contributed by atoms with Gasteiger partial charge in [-0.2, -0.15) is 51.4 Å². The van der Waals surface area contributed by atoms with Crippen LogP contribution in [-0.2, 0) is 0 Å². The summed E-state index contributed by atoms with van der Waals surface area (Å²) in [6, 6.07) is 0. The van der Waals surface area contributed by atoms with Crippen LogP contribution in [0.1, 0.15) is 19.8 Å². The third-order valence-corrected chi connectivity index (χ3v) is 2.62. The van der Waals surface area contributed by atoms with Gasteiger partial charge in [-0.1, -0.05) is 0 Å². The van der Waals surface area contributed by atoms with E-state index in [-0.39, 0.29) is 33.3 Å². The first-order valence-corrected chi connectivity index (χ1v) is 9.74. The third-order valence-electron chi connectivity index (χ3n) is 0.858. The largest absolute Gasteiger partial charge is 0.396 e. The number of aliphatic hydroxyl groups excluding tert-OH is 3. The van der Waals surface area contributed by atoms with Gasteiger partial charge >= 0.3 is 46.7 Å². The van der Waals surface area contributed by atoms with E-state index in [9.17, 15) is 0 Å². The Morgan fingerprint density at radius 2 is 1.06 bits per heavy atom. The van der Waals surface area contributed by atoms with Crippen molar-refractivity contribution in [1.82, 2.24) is 0 Å². The Kier molecular flexibility index (Phi) is 90.7. The van der Waals surface area contributed by atoms with E-state index in [1.807, 2.05) is 0 Å². The number of hydrogen-bond donors (Lipinski definition) is 6. The van der Waals surface area contributed by atoms with E-state index in [1.54, 1.807) is 0 Å². The SMILES string of the molecule is CCC[CH2][SnH].OCCS.OCCS.OCCS.S. The summed E-state index contributed by atoms with van der Waals surface area (Å²) < 4.78 is 1.47. The second-order valence-corrected chi connectivity index (χ2v) is 5.47. The number of hydrogen-bond acceptors (Lipinski definition) is 6. The molecule has 0 fully saturated rings. The van der Waals surface area contributed by atoms with Gasteiger partial charge in [0.05, 0.1) is 19.8 Å². The maximum Gasteiger partial charge on any atom is 0.0519 e. The second-order valence-electron chi connectivity index (χ2n) is 2.48. The van der Waals surface area contributed by atoms with Crippen molar-refractivity contribution in [3.8, 4) is 0 Å². The van der Waals surface area contributed by atoms with E-state index in [0.29, 0.717) is 17.3 Å². The minimum absolute atomic E-state index is 0. The summed E-state index contributed by atoms with van der Waals surface area (Å²) in [6.07, 6.45) is 2.82. The zero-order valence-electron chi connectivity index (χ0n) is 11.1. The summed E-state index contributed by atoms with van der Waals surface area (Å²) in [5, 5.41) is 23.4. The molecular formula is C10H30O3S4Sn. The average molecular weight is 445 g/mol. The maximum atomic E-state index is 7.80. The van der Waals surface area contributed by atoms with Crippen molar-refractivity contribution in [3.05, 3.63) is 0 Å². The Morgan fingerprint density at radius 3 is 1.06 bits per heavy atom. The molecule has 0 saturated carbocycles. The Hall–Kier alpha value is 2.08. The van der Waals surface area contributed by atoms with Crippen LogP contribution in [0.2, 0.25) is 4.44 Å². The molecule has 3 nitrogen and oxygen atoms in total. The molecule has 0 aliphatic heterocycles. The van der Waals surface area contributed by atoms with Gasteiger partial charge in [0, 0.05) is 17.3 Å². The predicted octanol–water partition coefficient (Wildman–Crippen LogP) is 0.944. The van der Waals surface area contributed by atoms with Crippen LogP contribution in [0, 0.1) is 0 Å². The van der Waals surface area contributed by atoms with Gasteiger partial charge in [0.25, 0.3) is 0 Å². The molecule has 0 aromatic heterocycles. The van der Waals surface area contributed by atoms with Crippen LogP contribution in [-0.4, -0.2) is 74.9 Å². The van der Waals surface area contributed by atoms with Gasteiger partial charge in [-0.25, -0.2) is 0 Å². The van der Waals surface area contributed by atoms with Gasteiger partial charge in [-0.15, -0.1) is 0 Å². The zero-order valence-corrected chi connectivity index (χ0v) is 18.1. The van der Waals surface area contributed by atoms with Crippen LogP contribution < -0.4 is 0 Å². The van der Waals surface area contributed by atoms with Gasteiger partial charge in [0.1, 0.15) is 0 Å². The molecule has 0 bridgehead atoms. The second kappa shape index (κ2) is 50.8. The predicted molar refractivity (Wildman–Crippen MR) is 100 cm³/mol. The third kappa shape index (κ3) is 105. The fraction of sp³-hybridized carbons (Fsp3) is 1.00. The molecule has 0 amide bonds. The Morgan fingerprint density at radius 1 is 0.833 bits per heavy atom. The van der Waals surface area contributed by atoms with Crippen LogP contribution in [0.15, 0.2) is 0 Å². The van der Waals surface area contributed by atoms with Crippen molar-refractivity contribution in [2.24, 2.45) is 0 Å². The maximum absolute atomic E-state index is 7.80. The summed E-state index contributed by atoms with van der Waals surface area (Å²) in [5.41, 5.74) is 0. The number of thiol groups is 3. The molecular weight excluding hydrogens is 415 g/mol. The van der Waals surface area contributed by atoms with Crippen LogP contribution in [0.4, 0.5) is 0 Å². The molecule has 3 N–H and O–H groups in total. The van der Waals surface area contributed by atoms with Crippen LogP contribution >= 0.6 is 51.4 Å². The molecule has 0 atom stereocenters. The van der Waals surface area contributed by atoms with E-state index in [0.717, 1.165) is 0 Å². The van der Waals surface area contributed by atoms with Crippen molar-refractivity contribution < 1.29 is 15.3 Å². The fourth-order valence-electron chi connectivity index (χ4n) is 0.204. The molecule has 0 aliphatic carbocycles. The van der Waals surface area contributed by atoms with E-state index < -0.39 is 0 Å². The molecule has 2 radical (unpaired) electrons. The van der Waals surface area contributed by atoms with Gasteiger partial charge in [0.15, 0.2) is 0 Å². The van der Waals surface area contributed by atoms with Gasteiger partial charge in [-0.3, -0.25) is 0 Å². The van der Waals surface area contributed by atoms with E-state index in [1.165, 1.54) is 39.8 Å². The van der Waals surface area contributed by atoms with Crippen molar-refractivity contribution in [3.63, 3.8) is 0 Å². The van der Waals surface area contributed by atoms with Gasteiger partial charge < -0.3 is 15.3 Å². The summed E-state index contributed by atoms with van der Waals surface area (Å²) >= 11 is 12.5. The quantitative estimate of drug-likeness (QED) is 0.282. The number of aliphatic hydroxyl groups is 3. The Bertz CT molecular complexity index is 68.6. The minimum Gasteiger partial charge on any atom is -0.396 e. The van der Waals surface area contributed by atoms with Crippen molar-refractivity contribution in [1.29, 1.82) is 0 Å². The minimum atomic E-state index is 0. The summed E-state index contributed by atoms with van der Waals surface area (Å²) in [6.45, 7) is 2.78. The summed E-state index contributed by atoms with van der Waals surface area (Å²) in [5.74, 6) is 1.71. The van der Waals surface area contributed by atoms with E-state index in [2.05, 4.69) is 44.8 Å². The normalized spacial score (nSPS) is 7.33. The van der Waals surface area contributed by atoms with Crippen molar-refractivity contribution >= 4 is 73.9 Å². The molecule has 0 spiro atoms. The number of unbranched alkanes of at least 4 members (excludes halogenated alkanes) is 1. The molecule has 18 heavy (non-hydrogen) atoms. The molecule has 0 unspecified atom stereocenters. The van der Waals surface area contributed by atoms with E-state index >= 15 is 0 Å².